The molecule has 2 aliphatic rings. The predicted molar refractivity (Wildman–Crippen MR) is 100 cm³/mol. The van der Waals surface area contributed by atoms with Crippen LogP contribution in [0, 0.1) is 0 Å². The van der Waals surface area contributed by atoms with Crippen molar-refractivity contribution < 1.29 is 28.1 Å². The first kappa shape index (κ1) is 20.1. The minimum atomic E-state index is -2.59. The third-order valence-electron chi connectivity index (χ3n) is 5.07. The Morgan fingerprint density at radius 2 is 2.10 bits per heavy atom. The van der Waals surface area contributed by atoms with Gasteiger partial charge in [0.05, 0.1) is 25.7 Å². The number of aromatic nitrogens is 7. The molecule has 0 aromatic carbocycles. The van der Waals surface area contributed by atoms with Gasteiger partial charge in [-0.05, 0) is 13.8 Å². The van der Waals surface area contributed by atoms with Crippen LogP contribution in [0.4, 0.5) is 14.6 Å². The maximum Gasteiger partial charge on any atom is 0.255 e. The fourth-order valence-electron chi connectivity index (χ4n) is 3.86. The monoisotopic (exact) mass is 438 g/mol. The number of aromatic amines is 1. The number of alkyl halides is 2. The third kappa shape index (κ3) is 3.50. The Labute approximate surface area is 173 Å². The molecule has 4 atom stereocenters. The van der Waals surface area contributed by atoms with Gasteiger partial charge in [0.25, 0.3) is 6.43 Å². The Morgan fingerprint density at radius 3 is 2.81 bits per heavy atom. The van der Waals surface area contributed by atoms with Gasteiger partial charge in [-0.1, -0.05) is 5.21 Å². The molecule has 0 bridgehead atoms. The van der Waals surface area contributed by atoms with Crippen LogP contribution in [0.2, 0.25) is 0 Å². The summed E-state index contributed by atoms with van der Waals surface area (Å²) in [6.45, 7) is 2.68. The second kappa shape index (κ2) is 7.40. The number of ether oxygens (including phenoxy) is 3. The summed E-state index contributed by atoms with van der Waals surface area (Å²) in [5.41, 5.74) is 0.925. The molecule has 14 heteroatoms. The van der Waals surface area contributed by atoms with Crippen LogP contribution in [0.25, 0.3) is 22.7 Å². The molecule has 5 rings (SSSR count). The molecule has 12 nitrogen and oxygen atoms in total. The molecule has 0 unspecified atom stereocenters. The zero-order valence-corrected chi connectivity index (χ0v) is 16.6. The summed E-state index contributed by atoms with van der Waals surface area (Å²) in [5, 5.41) is 22.4. The standard InChI is InChI=1S/C17H20F2N8O4/c1-17(2)30-11-8(5-28)29-16(12(11)31-17)27-6-21-10-14(20-4-9(18)19)23-13(24-15(10)27)7-3-22-26-25-7/h3,6,8-9,11-12,16,28H,4-5H2,1-2H3,(H,20,23,24)(H,22,25,26)/t8-,11-,12-,16-/m1/s1. The lowest BCUT2D eigenvalue weighted by atomic mass is 10.1. The number of nitrogens with one attached hydrogen (secondary N) is 2. The minimum absolute atomic E-state index is 0.124. The normalized spacial score (nSPS) is 27.3. The van der Waals surface area contributed by atoms with E-state index in [9.17, 15) is 13.9 Å². The molecule has 2 fully saturated rings. The van der Waals surface area contributed by atoms with E-state index >= 15 is 0 Å². The van der Waals surface area contributed by atoms with Crippen LogP contribution >= 0.6 is 0 Å². The van der Waals surface area contributed by atoms with Crippen molar-refractivity contribution in [3.8, 4) is 11.5 Å². The topological polar surface area (TPSA) is 145 Å². The summed E-state index contributed by atoms with van der Waals surface area (Å²) in [4.78, 5) is 13.1. The number of aliphatic hydroxyl groups excluding tert-OH is 1. The molecule has 3 aromatic heterocycles. The van der Waals surface area contributed by atoms with E-state index < -0.39 is 43.3 Å². The van der Waals surface area contributed by atoms with Gasteiger partial charge in [0.1, 0.15) is 24.0 Å². The maximum atomic E-state index is 12.8. The molecular weight excluding hydrogens is 418 g/mol. The molecule has 0 aliphatic carbocycles. The first-order chi connectivity index (χ1) is 14.9. The second-order valence-electron chi connectivity index (χ2n) is 7.66. The van der Waals surface area contributed by atoms with E-state index in [1.807, 2.05) is 0 Å². The Kier molecular flexibility index (Phi) is 4.80. The van der Waals surface area contributed by atoms with Crippen molar-refractivity contribution in [3.63, 3.8) is 0 Å². The molecule has 0 saturated carbocycles. The zero-order chi connectivity index (χ0) is 21.8. The van der Waals surface area contributed by atoms with Crippen LogP contribution in [-0.2, 0) is 14.2 Å². The van der Waals surface area contributed by atoms with Crippen LogP contribution in [0.1, 0.15) is 20.1 Å². The molecule has 0 amide bonds. The quantitative estimate of drug-likeness (QED) is 0.503. The van der Waals surface area contributed by atoms with E-state index in [0.717, 1.165) is 0 Å². The number of H-pyrrole nitrogens is 1. The van der Waals surface area contributed by atoms with Crippen LogP contribution < -0.4 is 5.32 Å². The summed E-state index contributed by atoms with van der Waals surface area (Å²) < 4.78 is 45.1. The van der Waals surface area contributed by atoms with Crippen molar-refractivity contribution in [1.29, 1.82) is 0 Å². The average Bonchev–Trinajstić information content (AvgIpc) is 3.48. The van der Waals surface area contributed by atoms with Crippen LogP contribution in [0.15, 0.2) is 12.5 Å². The summed E-state index contributed by atoms with van der Waals surface area (Å²) >= 11 is 0. The summed E-state index contributed by atoms with van der Waals surface area (Å²) in [6, 6.07) is 0. The van der Waals surface area contributed by atoms with Crippen LogP contribution in [0.3, 0.4) is 0 Å². The first-order valence-corrected chi connectivity index (χ1v) is 9.61. The summed E-state index contributed by atoms with van der Waals surface area (Å²) in [5.74, 6) is -0.567. The van der Waals surface area contributed by atoms with Crippen molar-refractivity contribution in [2.24, 2.45) is 0 Å². The van der Waals surface area contributed by atoms with Crippen molar-refractivity contribution in [2.75, 3.05) is 18.5 Å². The number of hydrogen-bond acceptors (Lipinski definition) is 10. The van der Waals surface area contributed by atoms with E-state index in [1.165, 1.54) is 12.5 Å². The van der Waals surface area contributed by atoms with Gasteiger partial charge in [0.15, 0.2) is 34.8 Å². The highest BCUT2D eigenvalue weighted by atomic mass is 19.3. The van der Waals surface area contributed by atoms with Gasteiger partial charge in [-0.25, -0.2) is 23.7 Å². The number of imidazole rings is 1. The predicted octanol–water partition coefficient (Wildman–Crippen LogP) is 0.698. The minimum Gasteiger partial charge on any atom is -0.394 e. The van der Waals surface area contributed by atoms with Gasteiger partial charge in [-0.15, -0.1) is 5.10 Å². The molecule has 3 N–H and O–H groups in total. The summed E-state index contributed by atoms with van der Waals surface area (Å²) in [7, 11) is 0. The van der Waals surface area contributed by atoms with Gasteiger partial charge < -0.3 is 24.6 Å². The fourth-order valence-corrected chi connectivity index (χ4v) is 3.86. The summed E-state index contributed by atoms with van der Waals surface area (Å²) in [6.07, 6.45) is -1.98. The molecule has 2 aliphatic heterocycles. The highest BCUT2D eigenvalue weighted by molar-refractivity contribution is 5.85. The lowest BCUT2D eigenvalue weighted by Crippen LogP contribution is -2.31. The number of rotatable bonds is 6. The van der Waals surface area contributed by atoms with Crippen LogP contribution in [0.5, 0.6) is 0 Å². The van der Waals surface area contributed by atoms with E-state index in [1.54, 1.807) is 18.4 Å². The third-order valence-corrected chi connectivity index (χ3v) is 5.07. The Hall–Kier alpha value is -2.81. The van der Waals surface area contributed by atoms with E-state index in [4.69, 9.17) is 14.2 Å². The first-order valence-electron chi connectivity index (χ1n) is 9.61. The second-order valence-corrected chi connectivity index (χ2v) is 7.66. The van der Waals surface area contributed by atoms with E-state index in [0.29, 0.717) is 11.3 Å². The molecule has 166 valence electrons. The van der Waals surface area contributed by atoms with Crippen LogP contribution in [-0.4, -0.2) is 83.7 Å². The van der Waals surface area contributed by atoms with E-state index in [2.05, 4.69) is 35.7 Å². The number of aliphatic hydroxyl groups is 1. The van der Waals surface area contributed by atoms with Crippen molar-refractivity contribution in [1.82, 2.24) is 34.9 Å². The molecule has 0 spiro atoms. The largest absolute Gasteiger partial charge is 0.394 e. The zero-order valence-electron chi connectivity index (χ0n) is 16.6. The van der Waals surface area contributed by atoms with Crippen molar-refractivity contribution >= 4 is 17.0 Å². The Bertz CT molecular complexity index is 1080. The molecule has 2 saturated heterocycles. The van der Waals surface area contributed by atoms with Gasteiger partial charge in [-0.3, -0.25) is 9.67 Å². The van der Waals surface area contributed by atoms with Gasteiger partial charge in [0, 0.05) is 0 Å². The molecule has 3 aromatic rings. The molecule has 31 heavy (non-hydrogen) atoms. The smallest absolute Gasteiger partial charge is 0.255 e. The number of halogens is 2. The lowest BCUT2D eigenvalue weighted by molar-refractivity contribution is -0.199. The molecular formula is C17H20F2N8O4. The Morgan fingerprint density at radius 1 is 1.29 bits per heavy atom. The van der Waals surface area contributed by atoms with Gasteiger partial charge in [-0.2, -0.15) is 0 Å². The number of hydrogen-bond donors (Lipinski definition) is 3. The molecule has 0 radical (unpaired) electrons. The maximum absolute atomic E-state index is 12.8. The SMILES string of the molecule is CC1(C)O[C@@H]2[C@H](O1)[C@@H](CO)O[C@H]2n1cnc2c(NCC(F)F)nc(-c3c[nH]nn3)nc21. The number of fused-ring (bicyclic) bond motifs is 2. The van der Waals surface area contributed by atoms with Gasteiger partial charge in [0.2, 0.25) is 0 Å². The highest BCUT2D eigenvalue weighted by Crippen LogP contribution is 2.43. The fraction of sp³-hybridized carbons (Fsp3) is 0.588. The van der Waals surface area contributed by atoms with Crippen molar-refractivity contribution in [2.45, 2.75) is 50.6 Å². The Balaban J connectivity index is 1.59. The average molecular weight is 438 g/mol. The van der Waals surface area contributed by atoms with Crippen molar-refractivity contribution in [3.05, 3.63) is 12.5 Å². The highest BCUT2D eigenvalue weighted by Gasteiger charge is 2.56. The number of nitrogens with zero attached hydrogens (tertiary/aromatic N) is 6. The lowest BCUT2D eigenvalue weighted by Gasteiger charge is -2.24. The van der Waals surface area contributed by atoms with Gasteiger partial charge >= 0.3 is 0 Å². The number of anilines is 1. The molecule has 5 heterocycles. The van der Waals surface area contributed by atoms with E-state index in [-0.39, 0.29) is 23.8 Å².